The van der Waals surface area contributed by atoms with Crippen LogP contribution in [0.15, 0.2) is 53.7 Å². The van der Waals surface area contributed by atoms with E-state index in [4.69, 9.17) is 0 Å². The topological polar surface area (TPSA) is 73.8 Å². The van der Waals surface area contributed by atoms with Crippen LogP contribution in [-0.2, 0) is 27.8 Å². The molecule has 0 aliphatic carbocycles. The maximum absolute atomic E-state index is 13.1. The van der Waals surface area contributed by atoms with Crippen molar-refractivity contribution in [3.8, 4) is 0 Å². The molecule has 0 radical (unpaired) electrons. The third-order valence-corrected chi connectivity index (χ3v) is 8.05. The smallest absolute Gasteiger partial charge is 0.243 e. The minimum Gasteiger partial charge on any atom is -0.337 e. The summed E-state index contributed by atoms with van der Waals surface area (Å²) in [5.41, 5.74) is 1.87. The highest BCUT2D eigenvalue weighted by molar-refractivity contribution is 7.89. The van der Waals surface area contributed by atoms with Gasteiger partial charge in [0.25, 0.3) is 0 Å². The van der Waals surface area contributed by atoms with Crippen LogP contribution in [0.1, 0.15) is 24.5 Å². The number of aromatic nitrogens is 1. The third kappa shape index (κ3) is 4.12. The predicted octanol–water partition coefficient (Wildman–Crippen LogP) is 1.75. The molecule has 1 aromatic heterocycles. The minimum absolute atomic E-state index is 0.131. The zero-order chi connectivity index (χ0) is 21.1. The Morgan fingerprint density at radius 1 is 1.03 bits per heavy atom. The van der Waals surface area contributed by atoms with E-state index in [2.05, 4.69) is 9.88 Å². The summed E-state index contributed by atoms with van der Waals surface area (Å²) in [6.45, 7) is 5.23. The molecule has 1 amide bonds. The average molecular weight is 429 g/mol. The zero-order valence-corrected chi connectivity index (χ0v) is 18.1. The maximum Gasteiger partial charge on any atom is 0.243 e. The lowest BCUT2D eigenvalue weighted by molar-refractivity contribution is -0.133. The van der Waals surface area contributed by atoms with E-state index in [9.17, 15) is 13.2 Å². The summed E-state index contributed by atoms with van der Waals surface area (Å²) in [6, 6.07) is 10.9. The van der Waals surface area contributed by atoms with Crippen LogP contribution in [0, 0.1) is 0 Å². The van der Waals surface area contributed by atoms with Crippen LogP contribution in [0.5, 0.6) is 0 Å². The molecule has 0 saturated carbocycles. The number of benzene rings is 1. The second-order valence-corrected chi connectivity index (χ2v) is 9.73. The highest BCUT2D eigenvalue weighted by Crippen LogP contribution is 2.25. The van der Waals surface area contributed by atoms with Crippen molar-refractivity contribution in [1.82, 2.24) is 19.1 Å². The van der Waals surface area contributed by atoms with Gasteiger partial charge in [0.2, 0.25) is 15.9 Å². The fraction of sp³-hybridized carbons (Fsp3) is 0.455. The van der Waals surface area contributed by atoms with Crippen molar-refractivity contribution in [3.05, 3.63) is 59.9 Å². The van der Waals surface area contributed by atoms with Crippen molar-refractivity contribution >= 4 is 15.9 Å². The first kappa shape index (κ1) is 21.0. The van der Waals surface area contributed by atoms with Crippen molar-refractivity contribution in [1.29, 1.82) is 0 Å². The highest BCUT2D eigenvalue weighted by atomic mass is 32.2. The van der Waals surface area contributed by atoms with Gasteiger partial charge < -0.3 is 4.90 Å². The zero-order valence-electron chi connectivity index (χ0n) is 17.3. The lowest BCUT2D eigenvalue weighted by Gasteiger charge is -2.36. The van der Waals surface area contributed by atoms with Gasteiger partial charge in [0.05, 0.1) is 10.9 Å². The van der Waals surface area contributed by atoms with Gasteiger partial charge in [-0.1, -0.05) is 31.2 Å². The van der Waals surface area contributed by atoms with Crippen LogP contribution in [0.3, 0.4) is 0 Å². The summed E-state index contributed by atoms with van der Waals surface area (Å²) in [6.07, 6.45) is 4.98. The van der Waals surface area contributed by atoms with Gasteiger partial charge >= 0.3 is 0 Å². The Labute approximate surface area is 178 Å². The highest BCUT2D eigenvalue weighted by Gasteiger charge is 2.39. The molecule has 7 nitrogen and oxygen atoms in total. The Balaban J connectivity index is 1.38. The molecular weight excluding hydrogens is 400 g/mol. The Kier molecular flexibility index (Phi) is 6.17. The molecule has 2 aliphatic rings. The number of nitrogens with zero attached hydrogens (tertiary/aromatic N) is 4. The van der Waals surface area contributed by atoms with Gasteiger partial charge in [-0.2, -0.15) is 4.31 Å². The van der Waals surface area contributed by atoms with E-state index in [-0.39, 0.29) is 11.9 Å². The molecule has 30 heavy (non-hydrogen) atoms. The molecule has 2 aromatic rings. The summed E-state index contributed by atoms with van der Waals surface area (Å²) < 4.78 is 27.8. The summed E-state index contributed by atoms with van der Waals surface area (Å²) in [5.74, 6) is 0.131. The van der Waals surface area contributed by atoms with E-state index < -0.39 is 10.0 Å². The molecule has 2 aliphatic heterocycles. The number of carbonyl (C=O) groups excluding carboxylic acids is 1. The Hall–Kier alpha value is -2.29. The summed E-state index contributed by atoms with van der Waals surface area (Å²) in [5, 5.41) is 0. The normalized spacial score (nSPS) is 21.3. The van der Waals surface area contributed by atoms with Crippen LogP contribution < -0.4 is 0 Å². The number of carbonyl (C=O) groups is 1. The predicted molar refractivity (Wildman–Crippen MR) is 114 cm³/mol. The van der Waals surface area contributed by atoms with E-state index in [1.54, 1.807) is 28.8 Å². The van der Waals surface area contributed by atoms with Gasteiger partial charge in [-0.3, -0.25) is 14.7 Å². The number of rotatable bonds is 6. The number of pyridine rings is 1. The van der Waals surface area contributed by atoms with Crippen molar-refractivity contribution in [3.63, 3.8) is 0 Å². The lowest BCUT2D eigenvalue weighted by Crippen LogP contribution is -2.53. The first-order valence-corrected chi connectivity index (χ1v) is 11.9. The molecule has 1 unspecified atom stereocenters. The number of hydrogen-bond acceptors (Lipinski definition) is 5. The molecule has 1 atom stereocenters. The molecule has 0 spiro atoms. The standard InChI is InChI=1S/C22H28N4O3S/c1-2-19-7-3-4-8-21(19)30(28,29)26-14-12-24(13-15-26)20-9-11-25(22(20)27)17-18-6-5-10-23-16-18/h3-8,10,16,20H,2,9,11-15,17H2,1H3. The minimum atomic E-state index is -3.51. The van der Waals surface area contributed by atoms with E-state index >= 15 is 0 Å². The first-order chi connectivity index (χ1) is 14.5. The third-order valence-electron chi connectivity index (χ3n) is 6.05. The van der Waals surface area contributed by atoms with Crippen LogP contribution in [0.2, 0.25) is 0 Å². The first-order valence-electron chi connectivity index (χ1n) is 10.5. The second-order valence-electron chi connectivity index (χ2n) is 7.83. The SMILES string of the molecule is CCc1ccccc1S(=O)(=O)N1CCN(C2CCN(Cc3cccnc3)C2=O)CC1. The number of hydrogen-bond donors (Lipinski definition) is 0. The summed E-state index contributed by atoms with van der Waals surface area (Å²) >= 11 is 0. The molecule has 4 rings (SSSR count). The summed E-state index contributed by atoms with van der Waals surface area (Å²) in [7, 11) is -3.51. The maximum atomic E-state index is 13.1. The van der Waals surface area contributed by atoms with Gasteiger partial charge in [-0.15, -0.1) is 0 Å². The van der Waals surface area contributed by atoms with Gasteiger partial charge in [0.15, 0.2) is 0 Å². The molecule has 2 fully saturated rings. The quantitative estimate of drug-likeness (QED) is 0.701. The van der Waals surface area contributed by atoms with E-state index in [1.807, 2.05) is 36.1 Å². The van der Waals surface area contributed by atoms with Crippen molar-refractivity contribution in [2.75, 3.05) is 32.7 Å². The molecule has 160 valence electrons. The van der Waals surface area contributed by atoms with E-state index in [0.717, 1.165) is 24.1 Å². The van der Waals surface area contributed by atoms with Crippen molar-refractivity contribution in [2.45, 2.75) is 37.2 Å². The number of sulfonamides is 1. The van der Waals surface area contributed by atoms with Crippen LogP contribution >= 0.6 is 0 Å². The van der Waals surface area contributed by atoms with Gasteiger partial charge in [-0.25, -0.2) is 8.42 Å². The van der Waals surface area contributed by atoms with E-state index in [1.165, 1.54) is 0 Å². The lowest BCUT2D eigenvalue weighted by atomic mass is 10.2. The van der Waals surface area contributed by atoms with Gasteiger partial charge in [-0.05, 0) is 36.1 Å². The number of piperazine rings is 1. The Bertz CT molecular complexity index is 988. The summed E-state index contributed by atoms with van der Waals surface area (Å²) in [4.78, 5) is 21.5. The number of aryl methyl sites for hydroxylation is 1. The van der Waals surface area contributed by atoms with Crippen molar-refractivity contribution in [2.24, 2.45) is 0 Å². The van der Waals surface area contributed by atoms with Crippen LogP contribution in [0.4, 0.5) is 0 Å². The monoisotopic (exact) mass is 428 g/mol. The number of likely N-dealkylation sites (tertiary alicyclic amines) is 1. The average Bonchev–Trinajstić information content (AvgIpc) is 3.14. The molecule has 2 saturated heterocycles. The van der Waals surface area contributed by atoms with Gasteiger partial charge in [0, 0.05) is 51.7 Å². The van der Waals surface area contributed by atoms with Gasteiger partial charge in [0.1, 0.15) is 0 Å². The molecule has 8 heteroatoms. The largest absolute Gasteiger partial charge is 0.337 e. The van der Waals surface area contributed by atoms with Crippen LogP contribution in [-0.4, -0.2) is 72.2 Å². The molecule has 3 heterocycles. The second kappa shape index (κ2) is 8.83. The molecular formula is C22H28N4O3S. The molecule has 0 bridgehead atoms. The fourth-order valence-corrected chi connectivity index (χ4v) is 6.09. The Morgan fingerprint density at radius 3 is 2.50 bits per heavy atom. The molecule has 1 aromatic carbocycles. The number of amides is 1. The van der Waals surface area contributed by atoms with Crippen LogP contribution in [0.25, 0.3) is 0 Å². The van der Waals surface area contributed by atoms with Crippen molar-refractivity contribution < 1.29 is 13.2 Å². The fourth-order valence-electron chi connectivity index (χ4n) is 4.37. The van der Waals surface area contributed by atoms with E-state index in [0.29, 0.717) is 44.0 Å². The Morgan fingerprint density at radius 2 is 1.80 bits per heavy atom. The molecule has 0 N–H and O–H groups in total.